The zero-order valence-electron chi connectivity index (χ0n) is 14.7. The zero-order chi connectivity index (χ0) is 20.0. The Labute approximate surface area is 160 Å². The van der Waals surface area contributed by atoms with E-state index in [1.807, 2.05) is 6.92 Å². The lowest BCUT2D eigenvalue weighted by atomic mass is 10.2. The molecule has 11 heteroatoms. The Balaban J connectivity index is 2.27. The normalized spacial score (nSPS) is 12.6. The predicted octanol–water partition coefficient (Wildman–Crippen LogP) is 2.60. The van der Waals surface area contributed by atoms with Gasteiger partial charge in [-0.1, -0.05) is 30.8 Å². The molecule has 0 aliphatic rings. The minimum Gasteiger partial charge on any atom is -0.394 e. The molecular formula is C16H20F2N4O3S2. The maximum Gasteiger partial charge on any atom is 0.230 e. The zero-order valence-corrected chi connectivity index (χ0v) is 16.4. The fraction of sp³-hybridized carbons (Fsp3) is 0.375. The van der Waals surface area contributed by atoms with Gasteiger partial charge in [-0.15, -0.1) is 0 Å². The number of nitrogens with one attached hydrogen (secondary N) is 2. The summed E-state index contributed by atoms with van der Waals surface area (Å²) < 4.78 is 52.3. The first kappa shape index (κ1) is 21.3. The maximum absolute atomic E-state index is 13.8. The molecule has 3 N–H and O–H groups in total. The monoisotopic (exact) mass is 418 g/mol. The van der Waals surface area contributed by atoms with Crippen LogP contribution in [0.15, 0.2) is 29.4 Å². The molecule has 2 aromatic rings. The first-order valence-corrected chi connectivity index (χ1v) is 10.9. The number of anilines is 2. The lowest BCUT2D eigenvalue weighted by Gasteiger charge is -2.16. The van der Waals surface area contributed by atoms with Crippen molar-refractivity contribution in [2.24, 2.45) is 0 Å². The first-order chi connectivity index (χ1) is 12.7. The predicted molar refractivity (Wildman–Crippen MR) is 101 cm³/mol. The van der Waals surface area contributed by atoms with Crippen molar-refractivity contribution < 1.29 is 22.3 Å². The molecule has 0 spiro atoms. The van der Waals surface area contributed by atoms with Crippen LogP contribution in [0.3, 0.4) is 0 Å². The second-order valence-electron chi connectivity index (χ2n) is 5.73. The van der Waals surface area contributed by atoms with E-state index >= 15 is 0 Å². The molecule has 0 amide bonds. The van der Waals surface area contributed by atoms with E-state index in [1.54, 1.807) is 0 Å². The van der Waals surface area contributed by atoms with Gasteiger partial charge >= 0.3 is 0 Å². The van der Waals surface area contributed by atoms with Gasteiger partial charge in [-0.05, 0) is 12.5 Å². The maximum atomic E-state index is 13.8. The molecule has 1 aromatic carbocycles. The van der Waals surface area contributed by atoms with Crippen molar-refractivity contribution in [1.82, 2.24) is 9.97 Å². The lowest BCUT2D eigenvalue weighted by Crippen LogP contribution is -2.23. The van der Waals surface area contributed by atoms with Crippen LogP contribution in [0.25, 0.3) is 0 Å². The molecule has 1 aromatic heterocycles. The fourth-order valence-electron chi connectivity index (χ4n) is 2.09. The van der Waals surface area contributed by atoms with Crippen LogP contribution in [-0.2, 0) is 15.8 Å². The average molecular weight is 418 g/mol. The molecule has 0 saturated heterocycles. The number of hydrogen-bond donors (Lipinski definition) is 3. The van der Waals surface area contributed by atoms with Gasteiger partial charge in [-0.2, -0.15) is 0 Å². The summed E-state index contributed by atoms with van der Waals surface area (Å²) in [6.07, 6.45) is 1.60. The molecule has 0 aliphatic heterocycles. The number of thioether (sulfide) groups is 1. The van der Waals surface area contributed by atoms with E-state index in [0.29, 0.717) is 12.2 Å². The molecule has 0 saturated carbocycles. The van der Waals surface area contributed by atoms with Crippen LogP contribution in [0.4, 0.5) is 20.4 Å². The van der Waals surface area contributed by atoms with Gasteiger partial charge < -0.3 is 10.4 Å². The summed E-state index contributed by atoms with van der Waals surface area (Å²) >= 11 is 1.03. The fourth-order valence-corrected chi connectivity index (χ4v) is 3.41. The van der Waals surface area contributed by atoms with E-state index in [-0.39, 0.29) is 34.9 Å². The molecule has 7 nitrogen and oxygen atoms in total. The van der Waals surface area contributed by atoms with Crippen molar-refractivity contribution in [3.05, 3.63) is 41.5 Å². The summed E-state index contributed by atoms with van der Waals surface area (Å²) in [6.45, 7) is 1.74. The highest BCUT2D eigenvalue weighted by Crippen LogP contribution is 2.25. The quantitative estimate of drug-likeness (QED) is 0.425. The van der Waals surface area contributed by atoms with Gasteiger partial charge in [0.2, 0.25) is 10.0 Å². The van der Waals surface area contributed by atoms with Gasteiger partial charge in [-0.3, -0.25) is 4.72 Å². The van der Waals surface area contributed by atoms with E-state index in [0.717, 1.165) is 24.1 Å². The molecule has 148 valence electrons. The highest BCUT2D eigenvalue weighted by Gasteiger charge is 2.13. The van der Waals surface area contributed by atoms with Crippen LogP contribution >= 0.6 is 11.8 Å². The molecule has 1 heterocycles. The molecule has 0 unspecified atom stereocenters. The van der Waals surface area contributed by atoms with Crippen molar-refractivity contribution in [3.8, 4) is 0 Å². The number of halogens is 2. The molecule has 0 aliphatic carbocycles. The second kappa shape index (κ2) is 9.29. The van der Waals surface area contributed by atoms with Crippen LogP contribution in [-0.4, -0.2) is 42.4 Å². The Hall–Kier alpha value is -1.98. The number of benzene rings is 1. The Morgan fingerprint density at radius 3 is 2.59 bits per heavy atom. The lowest BCUT2D eigenvalue weighted by molar-refractivity contribution is 0.271. The topological polar surface area (TPSA) is 104 Å². The third-order valence-electron chi connectivity index (χ3n) is 3.45. The van der Waals surface area contributed by atoms with Crippen LogP contribution in [0.5, 0.6) is 0 Å². The first-order valence-electron chi connectivity index (χ1n) is 8.01. The van der Waals surface area contributed by atoms with Gasteiger partial charge in [0.1, 0.15) is 11.6 Å². The summed E-state index contributed by atoms with van der Waals surface area (Å²) in [5.74, 6) is -1.50. The van der Waals surface area contributed by atoms with Crippen LogP contribution < -0.4 is 10.0 Å². The number of nitrogens with zero attached hydrogens (tertiary/aromatic N) is 2. The average Bonchev–Trinajstić information content (AvgIpc) is 2.59. The van der Waals surface area contributed by atoms with Crippen LogP contribution in [0.2, 0.25) is 0 Å². The third-order valence-corrected chi connectivity index (χ3v) is 4.93. The van der Waals surface area contributed by atoms with Gasteiger partial charge in [0.25, 0.3) is 0 Å². The van der Waals surface area contributed by atoms with E-state index < -0.39 is 21.7 Å². The van der Waals surface area contributed by atoms with E-state index in [2.05, 4.69) is 20.0 Å². The highest BCUT2D eigenvalue weighted by molar-refractivity contribution is 7.98. The Morgan fingerprint density at radius 2 is 1.96 bits per heavy atom. The molecule has 0 bridgehead atoms. The smallest absolute Gasteiger partial charge is 0.230 e. The number of rotatable bonds is 9. The van der Waals surface area contributed by atoms with Gasteiger partial charge in [0, 0.05) is 17.4 Å². The molecule has 0 radical (unpaired) electrons. The van der Waals surface area contributed by atoms with Crippen molar-refractivity contribution in [2.75, 3.05) is 22.9 Å². The summed E-state index contributed by atoms with van der Waals surface area (Å²) in [7, 11) is -3.57. The van der Waals surface area contributed by atoms with E-state index in [4.69, 9.17) is 0 Å². The minimum atomic E-state index is -3.57. The SMILES string of the molecule is CC[C@H](CO)Nc1cc(NS(C)(=O)=O)nc(SCc2cccc(F)c2F)n1. The Morgan fingerprint density at radius 1 is 1.26 bits per heavy atom. The van der Waals surface area contributed by atoms with Gasteiger partial charge in [-0.25, -0.2) is 27.2 Å². The number of aliphatic hydroxyl groups is 1. The number of sulfonamides is 1. The largest absolute Gasteiger partial charge is 0.394 e. The summed E-state index contributed by atoms with van der Waals surface area (Å²) in [4.78, 5) is 8.33. The van der Waals surface area contributed by atoms with Crippen molar-refractivity contribution in [2.45, 2.75) is 30.3 Å². The molecule has 27 heavy (non-hydrogen) atoms. The number of aliphatic hydroxyl groups excluding tert-OH is 1. The minimum absolute atomic E-state index is 0.0324. The summed E-state index contributed by atoms with van der Waals surface area (Å²) in [6, 6.07) is 4.99. The summed E-state index contributed by atoms with van der Waals surface area (Å²) in [5.41, 5.74) is 0.140. The van der Waals surface area contributed by atoms with Crippen LogP contribution in [0.1, 0.15) is 18.9 Å². The Bertz CT molecular complexity index is 893. The molecule has 1 atom stereocenters. The van der Waals surface area contributed by atoms with Crippen molar-refractivity contribution in [1.29, 1.82) is 0 Å². The van der Waals surface area contributed by atoms with Crippen molar-refractivity contribution >= 4 is 33.4 Å². The van der Waals surface area contributed by atoms with E-state index in [9.17, 15) is 22.3 Å². The van der Waals surface area contributed by atoms with Gasteiger partial charge in [0.15, 0.2) is 16.8 Å². The number of aromatic nitrogens is 2. The molecule has 0 fully saturated rings. The number of hydrogen-bond acceptors (Lipinski definition) is 7. The Kier molecular flexibility index (Phi) is 7.33. The summed E-state index contributed by atoms with van der Waals surface area (Å²) in [5, 5.41) is 12.5. The standard InChI is InChI=1S/C16H20F2N4O3S2/c1-3-11(8-23)19-13-7-14(22-27(2,24)25)21-16(20-13)26-9-10-5-4-6-12(17)15(10)18/h4-7,11,23H,3,8-9H2,1-2H3,(H2,19,20,21,22)/t11-/m1/s1. The molecule has 2 rings (SSSR count). The highest BCUT2D eigenvalue weighted by atomic mass is 32.2. The van der Waals surface area contributed by atoms with E-state index in [1.165, 1.54) is 18.2 Å². The van der Waals surface area contributed by atoms with Crippen LogP contribution in [0, 0.1) is 11.6 Å². The van der Waals surface area contributed by atoms with Gasteiger partial charge in [0.05, 0.1) is 18.9 Å². The molecular weight excluding hydrogens is 398 g/mol. The second-order valence-corrected chi connectivity index (χ2v) is 8.42. The van der Waals surface area contributed by atoms with Crippen molar-refractivity contribution in [3.63, 3.8) is 0 Å². The third kappa shape index (κ3) is 6.60.